The predicted molar refractivity (Wildman–Crippen MR) is 45.1 cm³/mol. The lowest BCUT2D eigenvalue weighted by molar-refractivity contribution is 0.0649. The van der Waals surface area contributed by atoms with Crippen LogP contribution in [0.25, 0.3) is 0 Å². The molecule has 1 rings (SSSR count). The van der Waals surface area contributed by atoms with Crippen LogP contribution in [0.5, 0.6) is 0 Å². The van der Waals surface area contributed by atoms with Gasteiger partial charge in [0.15, 0.2) is 0 Å². The summed E-state index contributed by atoms with van der Waals surface area (Å²) in [5, 5.41) is 0. The number of hydrogen-bond donors (Lipinski definition) is 0. The van der Waals surface area contributed by atoms with E-state index in [1.807, 2.05) is 0 Å². The molecule has 0 amide bonds. The van der Waals surface area contributed by atoms with E-state index in [-0.39, 0.29) is 0 Å². The highest BCUT2D eigenvalue weighted by Crippen LogP contribution is 2.23. The van der Waals surface area contributed by atoms with Crippen molar-refractivity contribution in [2.24, 2.45) is 5.41 Å². The van der Waals surface area contributed by atoms with Crippen molar-refractivity contribution in [2.75, 3.05) is 13.1 Å². The van der Waals surface area contributed by atoms with Crippen molar-refractivity contribution < 1.29 is 0 Å². The molecule has 0 radical (unpaired) electrons. The molecule has 0 bridgehead atoms. The number of nitrogens with zero attached hydrogens (tertiary/aromatic N) is 1. The van der Waals surface area contributed by atoms with Gasteiger partial charge in [-0.25, -0.2) is 0 Å². The van der Waals surface area contributed by atoms with E-state index in [1.54, 1.807) is 0 Å². The maximum Gasteiger partial charge on any atom is 0.00793 e. The zero-order valence-electron chi connectivity index (χ0n) is 7.65. The van der Waals surface area contributed by atoms with Crippen LogP contribution < -0.4 is 0 Å². The van der Waals surface area contributed by atoms with Crippen molar-refractivity contribution >= 4 is 0 Å². The minimum Gasteiger partial charge on any atom is -0.300 e. The second kappa shape index (κ2) is 2.54. The van der Waals surface area contributed by atoms with Gasteiger partial charge < -0.3 is 4.90 Å². The summed E-state index contributed by atoms with van der Waals surface area (Å²) in [4.78, 5) is 2.56. The maximum atomic E-state index is 2.56. The van der Waals surface area contributed by atoms with Crippen LogP contribution in [0.1, 0.15) is 34.1 Å². The molecule has 1 nitrogen and oxygen atoms in total. The average molecular weight is 141 g/mol. The normalized spacial score (nSPS) is 28.2. The Hall–Kier alpha value is -0.0400. The summed E-state index contributed by atoms with van der Waals surface area (Å²) in [5.41, 5.74) is 0.481. The lowest BCUT2D eigenvalue weighted by atomic mass is 9.92. The Morgan fingerprint density at radius 2 is 2.00 bits per heavy atom. The first-order valence-corrected chi connectivity index (χ1v) is 4.23. The SMILES string of the molecule is CC1CCN1CC(C)(C)C. The highest BCUT2D eigenvalue weighted by Gasteiger charge is 2.26. The molecule has 0 aromatic heterocycles. The predicted octanol–water partition coefficient (Wildman–Crippen LogP) is 2.13. The van der Waals surface area contributed by atoms with Crippen LogP contribution in [-0.2, 0) is 0 Å². The molecule has 1 saturated heterocycles. The summed E-state index contributed by atoms with van der Waals surface area (Å²) < 4.78 is 0. The summed E-state index contributed by atoms with van der Waals surface area (Å²) in [6, 6.07) is 0.847. The molecule has 10 heavy (non-hydrogen) atoms. The van der Waals surface area contributed by atoms with E-state index in [0.717, 1.165) is 6.04 Å². The van der Waals surface area contributed by atoms with Crippen LogP contribution in [0.2, 0.25) is 0 Å². The smallest absolute Gasteiger partial charge is 0.00793 e. The topological polar surface area (TPSA) is 3.24 Å². The Kier molecular flexibility index (Phi) is 2.04. The lowest BCUT2D eigenvalue weighted by Gasteiger charge is -2.42. The molecule has 0 spiro atoms. The Labute approximate surface area is 64.4 Å². The van der Waals surface area contributed by atoms with Gasteiger partial charge in [-0.1, -0.05) is 20.8 Å². The van der Waals surface area contributed by atoms with E-state index in [1.165, 1.54) is 19.5 Å². The van der Waals surface area contributed by atoms with Gasteiger partial charge in [0, 0.05) is 12.6 Å². The van der Waals surface area contributed by atoms with Crippen LogP contribution in [0.4, 0.5) is 0 Å². The van der Waals surface area contributed by atoms with Gasteiger partial charge in [0.2, 0.25) is 0 Å². The summed E-state index contributed by atoms with van der Waals surface area (Å²) >= 11 is 0. The highest BCUT2D eigenvalue weighted by atomic mass is 15.2. The van der Waals surface area contributed by atoms with Gasteiger partial charge >= 0.3 is 0 Å². The first kappa shape index (κ1) is 8.06. The van der Waals surface area contributed by atoms with Crippen molar-refractivity contribution in [2.45, 2.75) is 40.2 Å². The van der Waals surface area contributed by atoms with Crippen LogP contribution in [0.15, 0.2) is 0 Å². The van der Waals surface area contributed by atoms with E-state index in [0.29, 0.717) is 5.41 Å². The summed E-state index contributed by atoms with van der Waals surface area (Å²) in [6.45, 7) is 11.8. The van der Waals surface area contributed by atoms with E-state index >= 15 is 0 Å². The third-order valence-corrected chi connectivity index (χ3v) is 2.13. The quantitative estimate of drug-likeness (QED) is 0.540. The third-order valence-electron chi connectivity index (χ3n) is 2.13. The van der Waals surface area contributed by atoms with Crippen molar-refractivity contribution in [1.29, 1.82) is 0 Å². The summed E-state index contributed by atoms with van der Waals surface area (Å²) in [7, 11) is 0. The maximum absolute atomic E-state index is 2.56. The van der Waals surface area contributed by atoms with Gasteiger partial charge in [0.1, 0.15) is 0 Å². The van der Waals surface area contributed by atoms with E-state index in [2.05, 4.69) is 32.6 Å². The Morgan fingerprint density at radius 1 is 1.40 bits per heavy atom. The van der Waals surface area contributed by atoms with Crippen LogP contribution >= 0.6 is 0 Å². The molecular formula is C9H19N. The van der Waals surface area contributed by atoms with Gasteiger partial charge in [-0.2, -0.15) is 0 Å². The standard InChI is InChI=1S/C9H19N/c1-8-5-6-10(8)7-9(2,3)4/h8H,5-7H2,1-4H3. The second-order valence-electron chi connectivity index (χ2n) is 4.67. The monoisotopic (exact) mass is 141 g/mol. The first-order valence-electron chi connectivity index (χ1n) is 4.23. The molecule has 0 saturated carbocycles. The zero-order valence-corrected chi connectivity index (χ0v) is 7.65. The largest absolute Gasteiger partial charge is 0.300 e. The minimum absolute atomic E-state index is 0.481. The number of hydrogen-bond acceptors (Lipinski definition) is 1. The molecule has 0 N–H and O–H groups in total. The van der Waals surface area contributed by atoms with E-state index < -0.39 is 0 Å². The van der Waals surface area contributed by atoms with Crippen molar-refractivity contribution in [1.82, 2.24) is 4.90 Å². The fourth-order valence-electron chi connectivity index (χ4n) is 1.41. The van der Waals surface area contributed by atoms with Gasteiger partial charge in [0.25, 0.3) is 0 Å². The van der Waals surface area contributed by atoms with E-state index in [9.17, 15) is 0 Å². The van der Waals surface area contributed by atoms with Crippen molar-refractivity contribution in [3.8, 4) is 0 Å². The first-order chi connectivity index (χ1) is 4.49. The Morgan fingerprint density at radius 3 is 2.10 bits per heavy atom. The molecule has 0 aliphatic carbocycles. The Balaban J connectivity index is 2.26. The molecule has 1 atom stereocenters. The third kappa shape index (κ3) is 1.98. The molecule has 60 valence electrons. The Bertz CT molecular complexity index is 112. The van der Waals surface area contributed by atoms with Crippen LogP contribution in [0.3, 0.4) is 0 Å². The molecule has 1 unspecified atom stereocenters. The fourth-order valence-corrected chi connectivity index (χ4v) is 1.41. The summed E-state index contributed by atoms with van der Waals surface area (Å²) in [6.07, 6.45) is 1.40. The molecule has 1 heteroatoms. The molecular weight excluding hydrogens is 122 g/mol. The van der Waals surface area contributed by atoms with Crippen LogP contribution in [0, 0.1) is 5.41 Å². The van der Waals surface area contributed by atoms with Crippen molar-refractivity contribution in [3.63, 3.8) is 0 Å². The fraction of sp³-hybridized carbons (Fsp3) is 1.00. The van der Waals surface area contributed by atoms with Gasteiger partial charge in [-0.05, 0) is 25.3 Å². The second-order valence-corrected chi connectivity index (χ2v) is 4.67. The molecule has 0 aromatic rings. The highest BCUT2D eigenvalue weighted by molar-refractivity contribution is 4.81. The van der Waals surface area contributed by atoms with Gasteiger partial charge in [0.05, 0.1) is 0 Å². The zero-order chi connectivity index (χ0) is 7.78. The minimum atomic E-state index is 0.481. The van der Waals surface area contributed by atoms with Crippen molar-refractivity contribution in [3.05, 3.63) is 0 Å². The molecule has 1 heterocycles. The van der Waals surface area contributed by atoms with Gasteiger partial charge in [-0.3, -0.25) is 0 Å². The van der Waals surface area contributed by atoms with E-state index in [4.69, 9.17) is 0 Å². The molecule has 1 aliphatic rings. The number of likely N-dealkylation sites (tertiary alicyclic amines) is 1. The van der Waals surface area contributed by atoms with Gasteiger partial charge in [-0.15, -0.1) is 0 Å². The molecule has 1 aliphatic heterocycles. The lowest BCUT2D eigenvalue weighted by Crippen LogP contribution is -2.49. The molecule has 0 aromatic carbocycles. The average Bonchev–Trinajstić information content (AvgIpc) is 1.78. The van der Waals surface area contributed by atoms with Crippen LogP contribution in [-0.4, -0.2) is 24.0 Å². The summed E-state index contributed by atoms with van der Waals surface area (Å²) in [5.74, 6) is 0. The molecule has 1 fully saturated rings. The number of rotatable bonds is 1.